The van der Waals surface area contributed by atoms with E-state index >= 15 is 0 Å². The molecule has 3 aromatic rings. The van der Waals surface area contributed by atoms with E-state index in [9.17, 15) is 9.59 Å². The SMILES string of the molecule is C=CCOc1c(I)cc(Cl)cc1/C=c1\sc2n(c1=O)[C@H](c1ccc(OCC)cc1)C(C(=O)OCC)=C(C)N=2. The fourth-order valence-electron chi connectivity index (χ4n) is 4.14. The Morgan fingerprint density at radius 3 is 2.61 bits per heavy atom. The lowest BCUT2D eigenvalue weighted by Gasteiger charge is -2.24. The van der Waals surface area contributed by atoms with Gasteiger partial charge in [-0.2, -0.15) is 0 Å². The Kier molecular flexibility index (Phi) is 9.11. The van der Waals surface area contributed by atoms with Crippen molar-refractivity contribution in [3.8, 4) is 11.5 Å². The molecule has 1 aromatic heterocycles. The average Bonchev–Trinajstić information content (AvgIpc) is 3.17. The van der Waals surface area contributed by atoms with Crippen molar-refractivity contribution in [2.45, 2.75) is 26.8 Å². The Morgan fingerprint density at radius 1 is 1.21 bits per heavy atom. The van der Waals surface area contributed by atoms with Crippen LogP contribution < -0.4 is 24.4 Å². The van der Waals surface area contributed by atoms with Crippen molar-refractivity contribution in [1.82, 2.24) is 4.57 Å². The monoisotopic (exact) mass is 664 g/mol. The van der Waals surface area contributed by atoms with E-state index < -0.39 is 12.0 Å². The molecule has 0 saturated carbocycles. The molecule has 0 aliphatic carbocycles. The van der Waals surface area contributed by atoms with Crippen LogP contribution in [-0.4, -0.2) is 30.4 Å². The van der Waals surface area contributed by atoms with Crippen molar-refractivity contribution in [1.29, 1.82) is 0 Å². The van der Waals surface area contributed by atoms with Crippen molar-refractivity contribution in [3.63, 3.8) is 0 Å². The Balaban J connectivity index is 1.93. The molecule has 2 heterocycles. The van der Waals surface area contributed by atoms with Gasteiger partial charge < -0.3 is 14.2 Å². The van der Waals surface area contributed by atoms with Crippen molar-refractivity contribution >= 4 is 57.6 Å². The zero-order chi connectivity index (χ0) is 27.4. The molecule has 2 aromatic carbocycles. The third-order valence-electron chi connectivity index (χ3n) is 5.69. The Morgan fingerprint density at radius 2 is 1.95 bits per heavy atom. The zero-order valence-corrected chi connectivity index (χ0v) is 24.9. The van der Waals surface area contributed by atoms with Gasteiger partial charge >= 0.3 is 5.97 Å². The maximum Gasteiger partial charge on any atom is 0.338 e. The Hall–Kier alpha value is -2.89. The number of ether oxygens (including phenoxy) is 3. The van der Waals surface area contributed by atoms with Crippen molar-refractivity contribution in [2.24, 2.45) is 4.99 Å². The largest absolute Gasteiger partial charge is 0.494 e. The number of carbonyl (C=O) groups excluding carboxylic acids is 1. The summed E-state index contributed by atoms with van der Waals surface area (Å²) < 4.78 is 19.6. The number of thiazole rings is 1. The first kappa shape index (κ1) is 28.1. The molecule has 0 bridgehead atoms. The van der Waals surface area contributed by atoms with Crippen LogP contribution in [0.1, 0.15) is 37.9 Å². The number of benzene rings is 2. The molecule has 0 fully saturated rings. The number of hydrogen-bond acceptors (Lipinski definition) is 7. The summed E-state index contributed by atoms with van der Waals surface area (Å²) >= 11 is 9.72. The van der Waals surface area contributed by atoms with Gasteiger partial charge in [0, 0.05) is 10.6 Å². The molecule has 1 aliphatic heterocycles. The van der Waals surface area contributed by atoms with Crippen LogP contribution in [0.4, 0.5) is 0 Å². The lowest BCUT2D eigenvalue weighted by atomic mass is 9.96. The van der Waals surface area contributed by atoms with Crippen molar-refractivity contribution in [3.05, 3.63) is 99.7 Å². The molecule has 0 spiro atoms. The van der Waals surface area contributed by atoms with E-state index in [2.05, 4.69) is 34.2 Å². The lowest BCUT2D eigenvalue weighted by Crippen LogP contribution is -2.39. The summed E-state index contributed by atoms with van der Waals surface area (Å²) in [6.07, 6.45) is 3.40. The number of allylic oxidation sites excluding steroid dienone is 1. The summed E-state index contributed by atoms with van der Waals surface area (Å²) in [7, 11) is 0. The molecule has 1 aliphatic rings. The Bertz CT molecular complexity index is 1590. The number of hydrogen-bond donors (Lipinski definition) is 0. The topological polar surface area (TPSA) is 79.1 Å². The number of esters is 1. The van der Waals surface area contributed by atoms with E-state index in [1.165, 1.54) is 11.3 Å². The maximum atomic E-state index is 13.9. The number of halogens is 2. The molecule has 0 radical (unpaired) electrons. The van der Waals surface area contributed by atoms with Gasteiger partial charge in [-0.3, -0.25) is 9.36 Å². The predicted molar refractivity (Wildman–Crippen MR) is 158 cm³/mol. The van der Waals surface area contributed by atoms with Crippen LogP contribution in [0.2, 0.25) is 5.02 Å². The van der Waals surface area contributed by atoms with E-state index in [-0.39, 0.29) is 12.2 Å². The van der Waals surface area contributed by atoms with Crippen LogP contribution in [0.5, 0.6) is 11.5 Å². The van der Waals surface area contributed by atoms with Crippen LogP contribution in [0.25, 0.3) is 6.08 Å². The minimum atomic E-state index is -0.709. The minimum absolute atomic E-state index is 0.205. The second kappa shape index (κ2) is 12.3. The molecular formula is C28H26ClIN2O5S. The fraction of sp³-hybridized carbons (Fsp3) is 0.250. The van der Waals surface area contributed by atoms with Gasteiger partial charge in [-0.05, 0) is 79.3 Å². The van der Waals surface area contributed by atoms with Gasteiger partial charge in [-0.15, -0.1) is 0 Å². The van der Waals surface area contributed by atoms with Crippen LogP contribution in [-0.2, 0) is 9.53 Å². The molecule has 4 rings (SSSR count). The van der Waals surface area contributed by atoms with E-state index in [1.54, 1.807) is 42.7 Å². The molecule has 1 atom stereocenters. The summed E-state index contributed by atoms with van der Waals surface area (Å²) in [5, 5.41) is 0.520. The molecule has 0 amide bonds. The number of aromatic nitrogens is 1. The minimum Gasteiger partial charge on any atom is -0.494 e. The fourth-order valence-corrected chi connectivity index (χ4v) is 6.39. The first-order valence-electron chi connectivity index (χ1n) is 11.9. The van der Waals surface area contributed by atoms with Gasteiger partial charge in [0.1, 0.15) is 18.1 Å². The van der Waals surface area contributed by atoms with Crippen LogP contribution in [0.15, 0.2) is 70.1 Å². The highest BCUT2D eigenvalue weighted by atomic mass is 127. The van der Waals surface area contributed by atoms with E-state index in [1.807, 2.05) is 31.2 Å². The normalized spacial score (nSPS) is 15.1. The summed E-state index contributed by atoms with van der Waals surface area (Å²) in [5.41, 5.74) is 1.94. The quantitative estimate of drug-likeness (QED) is 0.183. The molecule has 198 valence electrons. The smallest absolute Gasteiger partial charge is 0.338 e. The van der Waals surface area contributed by atoms with Gasteiger partial charge in [0.25, 0.3) is 5.56 Å². The van der Waals surface area contributed by atoms with Crippen LogP contribution in [0, 0.1) is 3.57 Å². The second-order valence-electron chi connectivity index (χ2n) is 8.21. The van der Waals surface area contributed by atoms with Crippen LogP contribution >= 0.6 is 45.5 Å². The van der Waals surface area contributed by atoms with Gasteiger partial charge in [-0.1, -0.05) is 47.7 Å². The highest BCUT2D eigenvalue weighted by Crippen LogP contribution is 2.32. The highest BCUT2D eigenvalue weighted by Gasteiger charge is 2.33. The molecule has 38 heavy (non-hydrogen) atoms. The van der Waals surface area contributed by atoms with Crippen LogP contribution in [0.3, 0.4) is 0 Å². The van der Waals surface area contributed by atoms with E-state index in [0.717, 1.165) is 9.13 Å². The third kappa shape index (κ3) is 5.74. The third-order valence-corrected chi connectivity index (χ3v) is 7.70. The molecule has 10 heteroatoms. The van der Waals surface area contributed by atoms with Gasteiger partial charge in [0.15, 0.2) is 4.80 Å². The summed E-state index contributed by atoms with van der Waals surface area (Å²) in [5.74, 6) is 0.795. The Labute approximate surface area is 242 Å². The summed E-state index contributed by atoms with van der Waals surface area (Å²) in [4.78, 5) is 32.1. The van der Waals surface area contributed by atoms with Crippen molar-refractivity contribution in [2.75, 3.05) is 19.8 Å². The first-order valence-corrected chi connectivity index (χ1v) is 14.2. The standard InChI is InChI=1S/C28H26ClIN2O5S/c1-5-12-37-25-18(13-19(29)15-21(25)30)14-22-26(33)32-24(17-8-10-20(11-9-17)35-6-2)23(27(34)36-7-3)16(4)31-28(32)38-22/h5,8-11,13-15,24H,1,6-7,12H2,2-4H3/b22-14-/t24-/m1/s1. The highest BCUT2D eigenvalue weighted by molar-refractivity contribution is 14.1. The second-order valence-corrected chi connectivity index (χ2v) is 10.8. The summed E-state index contributed by atoms with van der Waals surface area (Å²) in [6, 6.07) is 10.2. The lowest BCUT2D eigenvalue weighted by molar-refractivity contribution is -0.139. The van der Waals surface area contributed by atoms with Gasteiger partial charge in [0.2, 0.25) is 0 Å². The number of nitrogens with zero attached hydrogens (tertiary/aromatic N) is 2. The maximum absolute atomic E-state index is 13.9. The zero-order valence-electron chi connectivity index (χ0n) is 21.1. The number of rotatable bonds is 9. The van der Waals surface area contributed by atoms with Crippen molar-refractivity contribution < 1.29 is 19.0 Å². The first-order chi connectivity index (χ1) is 18.3. The van der Waals surface area contributed by atoms with E-state index in [4.69, 9.17) is 25.8 Å². The van der Waals surface area contributed by atoms with Gasteiger partial charge in [0.05, 0.1) is 38.6 Å². The number of carbonyl (C=O) groups is 1. The molecular weight excluding hydrogens is 639 g/mol. The molecule has 0 N–H and O–H groups in total. The average molecular weight is 665 g/mol. The molecule has 0 unspecified atom stereocenters. The molecule has 0 saturated heterocycles. The molecule has 7 nitrogen and oxygen atoms in total. The summed E-state index contributed by atoms with van der Waals surface area (Å²) in [6.45, 7) is 10.2. The van der Waals surface area contributed by atoms with Gasteiger partial charge in [-0.25, -0.2) is 9.79 Å². The predicted octanol–water partition coefficient (Wildman–Crippen LogP) is 5.02. The van der Waals surface area contributed by atoms with E-state index in [0.29, 0.717) is 55.9 Å². The number of fused-ring (bicyclic) bond motifs is 1.